The van der Waals surface area contributed by atoms with Crippen LogP contribution in [0.3, 0.4) is 0 Å². The maximum absolute atomic E-state index is 6.30. The fourth-order valence-corrected chi connectivity index (χ4v) is 3.11. The summed E-state index contributed by atoms with van der Waals surface area (Å²) in [5.41, 5.74) is 12.7. The van der Waals surface area contributed by atoms with Crippen LogP contribution in [0.15, 0.2) is 34.9 Å². The number of hydrogen-bond donors (Lipinski definition) is 1. The Kier molecular flexibility index (Phi) is 3.05. The molecule has 3 rings (SSSR count). The highest BCUT2D eigenvalue weighted by Gasteiger charge is 2.14. The summed E-state index contributed by atoms with van der Waals surface area (Å²) in [4.78, 5) is 4.73. The molecule has 0 saturated carbocycles. The van der Waals surface area contributed by atoms with Gasteiger partial charge in [0, 0.05) is 16.2 Å². The average Bonchev–Trinajstić information content (AvgIpc) is 2.68. The molecule has 0 aliphatic carbocycles. The van der Waals surface area contributed by atoms with Crippen molar-refractivity contribution in [2.75, 3.05) is 5.73 Å². The molecule has 0 amide bonds. The lowest BCUT2D eigenvalue weighted by atomic mass is 10.0. The number of aromatic nitrogens is 2. The maximum Gasteiger partial charge on any atom is 0.142 e. The van der Waals surface area contributed by atoms with Crippen molar-refractivity contribution >= 4 is 27.4 Å². The molecule has 0 fully saturated rings. The molecule has 102 valence electrons. The number of nitrogen functional groups attached to an aromatic ring is 1. The number of halogens is 1. The molecule has 0 atom stereocenters. The van der Waals surface area contributed by atoms with Crippen LogP contribution in [0.2, 0.25) is 0 Å². The first-order chi connectivity index (χ1) is 9.47. The molecule has 0 spiro atoms. The van der Waals surface area contributed by atoms with E-state index in [1.54, 1.807) is 0 Å². The Morgan fingerprint density at radius 1 is 1.10 bits per heavy atom. The lowest BCUT2D eigenvalue weighted by molar-refractivity contribution is 1.16. The molecule has 4 heteroatoms. The number of benzene rings is 1. The van der Waals surface area contributed by atoms with Gasteiger partial charge in [-0.1, -0.05) is 23.8 Å². The molecule has 20 heavy (non-hydrogen) atoms. The van der Waals surface area contributed by atoms with Crippen molar-refractivity contribution in [3.05, 3.63) is 51.6 Å². The van der Waals surface area contributed by atoms with Gasteiger partial charge in [-0.3, -0.25) is 4.40 Å². The van der Waals surface area contributed by atoms with Crippen LogP contribution in [0, 0.1) is 20.8 Å². The lowest BCUT2D eigenvalue weighted by Gasteiger charge is -2.05. The highest BCUT2D eigenvalue weighted by molar-refractivity contribution is 9.10. The second-order valence-electron chi connectivity index (χ2n) is 5.20. The molecular weight excluding hydrogens is 314 g/mol. The Morgan fingerprint density at radius 3 is 2.55 bits per heavy atom. The molecular formula is C16H16BrN3. The normalized spacial score (nSPS) is 11.2. The number of anilines is 1. The van der Waals surface area contributed by atoms with E-state index >= 15 is 0 Å². The average molecular weight is 330 g/mol. The first-order valence-corrected chi connectivity index (χ1v) is 7.28. The summed E-state index contributed by atoms with van der Waals surface area (Å²) in [6.45, 7) is 6.22. The third kappa shape index (κ3) is 2.00. The van der Waals surface area contributed by atoms with Gasteiger partial charge in [0.25, 0.3) is 0 Å². The van der Waals surface area contributed by atoms with Crippen LogP contribution in [0.1, 0.15) is 16.7 Å². The second-order valence-corrected chi connectivity index (χ2v) is 6.11. The molecule has 0 unspecified atom stereocenters. The topological polar surface area (TPSA) is 43.3 Å². The minimum absolute atomic E-state index is 0.677. The second kappa shape index (κ2) is 4.63. The van der Waals surface area contributed by atoms with Gasteiger partial charge in [0.15, 0.2) is 0 Å². The van der Waals surface area contributed by atoms with Crippen molar-refractivity contribution in [2.24, 2.45) is 0 Å². The minimum Gasteiger partial charge on any atom is -0.383 e. The van der Waals surface area contributed by atoms with Crippen molar-refractivity contribution in [1.82, 2.24) is 9.38 Å². The minimum atomic E-state index is 0.677. The van der Waals surface area contributed by atoms with E-state index < -0.39 is 0 Å². The van der Waals surface area contributed by atoms with E-state index in [1.165, 1.54) is 11.1 Å². The van der Waals surface area contributed by atoms with Crippen molar-refractivity contribution in [3.8, 4) is 11.3 Å². The van der Waals surface area contributed by atoms with Crippen LogP contribution in [-0.4, -0.2) is 9.38 Å². The van der Waals surface area contributed by atoms with E-state index in [0.29, 0.717) is 5.82 Å². The summed E-state index contributed by atoms with van der Waals surface area (Å²) in [5.74, 6) is 0.677. The number of nitrogens with two attached hydrogens (primary N) is 1. The van der Waals surface area contributed by atoms with Crippen molar-refractivity contribution < 1.29 is 0 Å². The van der Waals surface area contributed by atoms with Crippen LogP contribution in [-0.2, 0) is 0 Å². The molecule has 0 aliphatic rings. The number of pyridine rings is 1. The number of hydrogen-bond acceptors (Lipinski definition) is 2. The molecule has 2 N–H and O–H groups in total. The fourth-order valence-electron chi connectivity index (χ4n) is 2.56. The molecule has 2 aromatic heterocycles. The first kappa shape index (κ1) is 13.2. The van der Waals surface area contributed by atoms with E-state index in [9.17, 15) is 0 Å². The highest BCUT2D eigenvalue weighted by atomic mass is 79.9. The number of imidazole rings is 1. The Bertz CT molecular complexity index is 818. The number of rotatable bonds is 1. The molecule has 0 aliphatic heterocycles. The molecule has 1 aromatic carbocycles. The Hall–Kier alpha value is -1.81. The van der Waals surface area contributed by atoms with E-state index in [2.05, 4.69) is 48.0 Å². The first-order valence-electron chi connectivity index (χ1n) is 6.48. The van der Waals surface area contributed by atoms with Gasteiger partial charge in [-0.2, -0.15) is 0 Å². The van der Waals surface area contributed by atoms with Gasteiger partial charge >= 0.3 is 0 Å². The summed E-state index contributed by atoms with van der Waals surface area (Å²) >= 11 is 3.50. The van der Waals surface area contributed by atoms with Crippen LogP contribution >= 0.6 is 15.9 Å². The van der Waals surface area contributed by atoms with Gasteiger partial charge in [-0.15, -0.1) is 0 Å². The SMILES string of the molecule is Cc1ccc(-c2nc3c(C)cc(Br)cn3c2N)c(C)c1. The van der Waals surface area contributed by atoms with Crippen LogP contribution in [0.5, 0.6) is 0 Å². The van der Waals surface area contributed by atoms with Crippen molar-refractivity contribution in [2.45, 2.75) is 20.8 Å². The zero-order valence-corrected chi connectivity index (χ0v) is 13.3. The van der Waals surface area contributed by atoms with E-state index in [-0.39, 0.29) is 0 Å². The van der Waals surface area contributed by atoms with Gasteiger partial charge < -0.3 is 5.73 Å². The predicted molar refractivity (Wildman–Crippen MR) is 87.0 cm³/mol. The number of nitrogens with zero attached hydrogens (tertiary/aromatic N) is 2. The summed E-state index contributed by atoms with van der Waals surface area (Å²) in [6.07, 6.45) is 1.96. The van der Waals surface area contributed by atoms with Crippen molar-refractivity contribution in [3.63, 3.8) is 0 Å². The fraction of sp³-hybridized carbons (Fsp3) is 0.188. The molecule has 0 saturated heterocycles. The molecule has 2 heterocycles. The molecule has 0 radical (unpaired) electrons. The van der Waals surface area contributed by atoms with Crippen LogP contribution in [0.4, 0.5) is 5.82 Å². The predicted octanol–water partition coefficient (Wildman–Crippen LogP) is 4.27. The molecule has 3 aromatic rings. The number of fused-ring (bicyclic) bond motifs is 1. The van der Waals surface area contributed by atoms with Gasteiger partial charge in [0.2, 0.25) is 0 Å². The van der Waals surface area contributed by atoms with E-state index in [0.717, 1.165) is 26.9 Å². The maximum atomic E-state index is 6.30. The zero-order valence-electron chi connectivity index (χ0n) is 11.7. The Labute approximate surface area is 126 Å². The van der Waals surface area contributed by atoms with Gasteiger partial charge in [-0.05, 0) is 53.9 Å². The zero-order chi connectivity index (χ0) is 14.4. The largest absolute Gasteiger partial charge is 0.383 e. The van der Waals surface area contributed by atoms with Gasteiger partial charge in [-0.25, -0.2) is 4.98 Å². The standard InChI is InChI=1S/C16H16BrN3/c1-9-4-5-13(10(2)6-9)14-15(18)20-8-12(17)7-11(3)16(20)19-14/h4-8H,18H2,1-3H3. The van der Waals surface area contributed by atoms with Gasteiger partial charge in [0.1, 0.15) is 17.2 Å². The quantitative estimate of drug-likeness (QED) is 0.724. The highest BCUT2D eigenvalue weighted by Crippen LogP contribution is 2.31. The van der Waals surface area contributed by atoms with Gasteiger partial charge in [0.05, 0.1) is 0 Å². The summed E-state index contributed by atoms with van der Waals surface area (Å²) in [7, 11) is 0. The summed E-state index contributed by atoms with van der Waals surface area (Å²) < 4.78 is 2.94. The van der Waals surface area contributed by atoms with Crippen molar-refractivity contribution in [1.29, 1.82) is 0 Å². The van der Waals surface area contributed by atoms with E-state index in [4.69, 9.17) is 10.7 Å². The third-order valence-electron chi connectivity index (χ3n) is 3.54. The smallest absolute Gasteiger partial charge is 0.142 e. The monoisotopic (exact) mass is 329 g/mol. The number of aryl methyl sites for hydroxylation is 3. The van der Waals surface area contributed by atoms with Crippen LogP contribution in [0.25, 0.3) is 16.9 Å². The molecule has 3 nitrogen and oxygen atoms in total. The third-order valence-corrected chi connectivity index (χ3v) is 3.98. The Morgan fingerprint density at radius 2 is 1.85 bits per heavy atom. The molecule has 0 bridgehead atoms. The summed E-state index contributed by atoms with van der Waals surface area (Å²) in [6, 6.07) is 8.39. The lowest BCUT2D eigenvalue weighted by Crippen LogP contribution is -1.95. The Balaban J connectivity index is 2.32. The van der Waals surface area contributed by atoms with Crippen LogP contribution < -0.4 is 5.73 Å². The summed E-state index contributed by atoms with van der Waals surface area (Å²) in [5, 5.41) is 0. The van der Waals surface area contributed by atoms with E-state index in [1.807, 2.05) is 23.6 Å².